The first-order valence-electron chi connectivity index (χ1n) is 3.57. The van der Waals surface area contributed by atoms with Crippen molar-refractivity contribution in [2.24, 2.45) is 5.92 Å². The van der Waals surface area contributed by atoms with E-state index in [9.17, 15) is 0 Å². The van der Waals surface area contributed by atoms with Crippen LogP contribution in [0, 0.1) is 5.92 Å². The fourth-order valence-corrected chi connectivity index (χ4v) is 0.622. The minimum Gasteiger partial charge on any atom is -0.393 e. The predicted molar refractivity (Wildman–Crippen MR) is 44.8 cm³/mol. The van der Waals surface area contributed by atoms with Gasteiger partial charge >= 0.3 is 0 Å². The van der Waals surface area contributed by atoms with Crippen LogP contribution < -0.4 is 0 Å². The van der Waals surface area contributed by atoms with Crippen LogP contribution >= 0.6 is 0 Å². The van der Waals surface area contributed by atoms with Gasteiger partial charge in [-0.05, 0) is 13.8 Å². The van der Waals surface area contributed by atoms with Crippen LogP contribution in [0.2, 0.25) is 0 Å². The Hall–Kier alpha value is -0.560. The van der Waals surface area contributed by atoms with Gasteiger partial charge in [-0.25, -0.2) is 0 Å². The van der Waals surface area contributed by atoms with Crippen LogP contribution in [0.25, 0.3) is 0 Å². The molecule has 1 nitrogen and oxygen atoms in total. The Kier molecular flexibility index (Phi) is 4.05. The fraction of sp³-hybridized carbons (Fsp3) is 0.556. The molecule has 0 saturated heterocycles. The van der Waals surface area contributed by atoms with Gasteiger partial charge in [-0.2, -0.15) is 0 Å². The molecule has 58 valence electrons. The average molecular weight is 140 g/mol. The lowest BCUT2D eigenvalue weighted by atomic mass is 10.0. The molecule has 0 saturated carbocycles. The van der Waals surface area contributed by atoms with Crippen LogP contribution in [0.1, 0.15) is 20.8 Å². The van der Waals surface area contributed by atoms with Gasteiger partial charge in [0.1, 0.15) is 0 Å². The Morgan fingerprint density at radius 2 is 2.00 bits per heavy atom. The molecule has 0 bridgehead atoms. The van der Waals surface area contributed by atoms with Crippen LogP contribution in [0.4, 0.5) is 0 Å². The summed E-state index contributed by atoms with van der Waals surface area (Å²) in [7, 11) is 0. The van der Waals surface area contributed by atoms with Crippen LogP contribution in [0.5, 0.6) is 0 Å². The minimum atomic E-state index is -0.269. The summed E-state index contributed by atoms with van der Waals surface area (Å²) in [6.07, 6.45) is 3.53. The van der Waals surface area contributed by atoms with Gasteiger partial charge in [0.05, 0.1) is 6.10 Å². The molecule has 0 aromatic carbocycles. The highest BCUT2D eigenvalue weighted by Gasteiger charge is 2.03. The van der Waals surface area contributed by atoms with E-state index in [-0.39, 0.29) is 12.0 Å². The van der Waals surface area contributed by atoms with E-state index in [4.69, 9.17) is 5.11 Å². The van der Waals surface area contributed by atoms with Crippen molar-refractivity contribution in [3.05, 3.63) is 24.3 Å². The minimum absolute atomic E-state index is 0.220. The van der Waals surface area contributed by atoms with Crippen molar-refractivity contribution in [2.45, 2.75) is 26.9 Å². The third-order valence-electron chi connectivity index (χ3n) is 1.61. The Morgan fingerprint density at radius 3 is 2.30 bits per heavy atom. The molecule has 0 spiro atoms. The quantitative estimate of drug-likeness (QED) is 0.595. The summed E-state index contributed by atoms with van der Waals surface area (Å²) in [5.41, 5.74) is 1.12. The molecule has 1 N–H and O–H groups in total. The smallest absolute Gasteiger partial charge is 0.0572 e. The first-order valence-corrected chi connectivity index (χ1v) is 3.57. The predicted octanol–water partition coefficient (Wildman–Crippen LogP) is 2.14. The maximum Gasteiger partial charge on any atom is 0.0572 e. The second kappa shape index (κ2) is 4.29. The second-order valence-electron chi connectivity index (χ2n) is 2.71. The van der Waals surface area contributed by atoms with E-state index in [0.717, 1.165) is 5.57 Å². The van der Waals surface area contributed by atoms with E-state index in [2.05, 4.69) is 6.58 Å². The summed E-state index contributed by atoms with van der Waals surface area (Å²) in [6.45, 7) is 9.37. The van der Waals surface area contributed by atoms with E-state index in [0.29, 0.717) is 0 Å². The van der Waals surface area contributed by atoms with Gasteiger partial charge < -0.3 is 5.11 Å². The zero-order chi connectivity index (χ0) is 8.15. The Bertz CT molecular complexity index is 134. The van der Waals surface area contributed by atoms with Gasteiger partial charge in [-0.1, -0.05) is 31.2 Å². The highest BCUT2D eigenvalue weighted by atomic mass is 16.3. The van der Waals surface area contributed by atoms with Crippen molar-refractivity contribution in [3.63, 3.8) is 0 Å². The number of aliphatic hydroxyl groups is 1. The standard InChI is InChI=1S/C9H16O/c1-5-7(2)6-8(3)9(4)10/h5-6,8-10H,1H2,2-4H3/b7-6-/t8-,9?/m0/s1. The molecule has 10 heavy (non-hydrogen) atoms. The van der Waals surface area contributed by atoms with Gasteiger partial charge in [0, 0.05) is 5.92 Å². The van der Waals surface area contributed by atoms with Crippen LogP contribution in [-0.4, -0.2) is 11.2 Å². The lowest BCUT2D eigenvalue weighted by molar-refractivity contribution is 0.157. The number of hydrogen-bond acceptors (Lipinski definition) is 1. The van der Waals surface area contributed by atoms with Crippen molar-refractivity contribution in [1.82, 2.24) is 0 Å². The van der Waals surface area contributed by atoms with Crippen molar-refractivity contribution in [3.8, 4) is 0 Å². The van der Waals surface area contributed by atoms with Gasteiger partial charge in [-0.3, -0.25) is 0 Å². The topological polar surface area (TPSA) is 20.2 Å². The second-order valence-corrected chi connectivity index (χ2v) is 2.71. The molecule has 0 radical (unpaired) electrons. The first kappa shape index (κ1) is 9.44. The van der Waals surface area contributed by atoms with Crippen molar-refractivity contribution >= 4 is 0 Å². The third-order valence-corrected chi connectivity index (χ3v) is 1.61. The van der Waals surface area contributed by atoms with Gasteiger partial charge in [0.2, 0.25) is 0 Å². The lowest BCUT2D eigenvalue weighted by Crippen LogP contribution is -2.10. The molecule has 1 heteroatoms. The molecule has 0 aliphatic rings. The van der Waals surface area contributed by atoms with Gasteiger partial charge in [0.15, 0.2) is 0 Å². The van der Waals surface area contributed by atoms with Crippen molar-refractivity contribution in [2.75, 3.05) is 0 Å². The first-order chi connectivity index (χ1) is 4.57. The summed E-state index contributed by atoms with van der Waals surface area (Å²) in [5, 5.41) is 9.09. The van der Waals surface area contributed by atoms with E-state index >= 15 is 0 Å². The summed E-state index contributed by atoms with van der Waals surface area (Å²) >= 11 is 0. The highest BCUT2D eigenvalue weighted by molar-refractivity contribution is 5.14. The number of allylic oxidation sites excluding steroid dienone is 2. The maximum absolute atomic E-state index is 9.09. The van der Waals surface area contributed by atoms with Crippen molar-refractivity contribution in [1.29, 1.82) is 0 Å². The van der Waals surface area contributed by atoms with Gasteiger partial charge in [0.25, 0.3) is 0 Å². The lowest BCUT2D eigenvalue weighted by Gasteiger charge is -2.09. The largest absolute Gasteiger partial charge is 0.393 e. The van der Waals surface area contributed by atoms with E-state index < -0.39 is 0 Å². The molecule has 0 aliphatic carbocycles. The zero-order valence-corrected chi connectivity index (χ0v) is 6.96. The van der Waals surface area contributed by atoms with E-state index in [1.54, 1.807) is 13.0 Å². The van der Waals surface area contributed by atoms with E-state index in [1.807, 2.05) is 19.9 Å². The fourth-order valence-electron chi connectivity index (χ4n) is 0.622. The normalized spacial score (nSPS) is 18.2. The summed E-state index contributed by atoms with van der Waals surface area (Å²) in [4.78, 5) is 0. The summed E-state index contributed by atoms with van der Waals surface area (Å²) < 4.78 is 0. The Labute approximate surface area is 63.1 Å². The molecule has 0 aromatic rings. The van der Waals surface area contributed by atoms with Crippen LogP contribution in [0.3, 0.4) is 0 Å². The van der Waals surface area contributed by atoms with Crippen molar-refractivity contribution < 1.29 is 5.11 Å². The molecular formula is C9H16O. The highest BCUT2D eigenvalue weighted by Crippen LogP contribution is 2.07. The molecule has 0 heterocycles. The van der Waals surface area contributed by atoms with E-state index in [1.165, 1.54) is 0 Å². The molecule has 0 fully saturated rings. The molecule has 1 unspecified atom stereocenters. The van der Waals surface area contributed by atoms with Crippen LogP contribution in [-0.2, 0) is 0 Å². The average Bonchev–Trinajstić information content (AvgIpc) is 1.87. The Balaban J connectivity index is 3.98. The number of aliphatic hydroxyl groups excluding tert-OH is 1. The monoisotopic (exact) mass is 140 g/mol. The molecule has 2 atom stereocenters. The number of hydrogen-bond donors (Lipinski definition) is 1. The molecule has 0 aromatic heterocycles. The SMILES string of the molecule is C=C/C(C)=C\[C@H](C)C(C)O. The maximum atomic E-state index is 9.09. The third kappa shape index (κ3) is 3.46. The van der Waals surface area contributed by atoms with Crippen LogP contribution in [0.15, 0.2) is 24.3 Å². The summed E-state index contributed by atoms with van der Waals surface area (Å²) in [5.74, 6) is 0.220. The molecule has 0 rings (SSSR count). The zero-order valence-electron chi connectivity index (χ0n) is 6.96. The molecular weight excluding hydrogens is 124 g/mol. The molecule has 0 amide bonds. The summed E-state index contributed by atoms with van der Waals surface area (Å²) in [6, 6.07) is 0. The Morgan fingerprint density at radius 1 is 1.50 bits per heavy atom. The molecule has 0 aliphatic heterocycles. The van der Waals surface area contributed by atoms with Gasteiger partial charge in [-0.15, -0.1) is 0 Å². The number of rotatable bonds is 3.